The van der Waals surface area contributed by atoms with E-state index in [0.717, 1.165) is 17.0 Å². The Bertz CT molecular complexity index is 639. The molecule has 3 N–H and O–H groups in total. The first-order valence-electron chi connectivity index (χ1n) is 6.57. The van der Waals surface area contributed by atoms with E-state index in [4.69, 9.17) is 15.7 Å². The van der Waals surface area contributed by atoms with Gasteiger partial charge >= 0.3 is 0 Å². The first-order valence-corrected chi connectivity index (χ1v) is 6.57. The van der Waals surface area contributed by atoms with Crippen molar-refractivity contribution < 1.29 is 9.94 Å². The lowest BCUT2D eigenvalue weighted by Crippen LogP contribution is -2.13. The van der Waals surface area contributed by atoms with Crippen molar-refractivity contribution >= 4 is 11.5 Å². The predicted octanol–water partition coefficient (Wildman–Crippen LogP) is 2.43. The summed E-state index contributed by atoms with van der Waals surface area (Å²) in [6, 6.07) is 15.3. The number of oxime groups is 1. The minimum atomic E-state index is 0.0893. The number of anilines is 1. The number of amidine groups is 1. The average molecular weight is 285 g/mol. The Kier molecular flexibility index (Phi) is 4.66. The van der Waals surface area contributed by atoms with E-state index in [1.165, 1.54) is 0 Å². The molecule has 0 bridgehead atoms. The number of benzene rings is 2. The third-order valence-corrected chi connectivity index (χ3v) is 3.07. The molecule has 2 rings (SSSR count). The van der Waals surface area contributed by atoms with Gasteiger partial charge in [0.1, 0.15) is 12.4 Å². The van der Waals surface area contributed by atoms with Gasteiger partial charge in [0.05, 0.1) is 0 Å². The second kappa shape index (κ2) is 6.65. The number of hydrogen-bond donors (Lipinski definition) is 2. The molecule has 5 nitrogen and oxygen atoms in total. The highest BCUT2D eigenvalue weighted by molar-refractivity contribution is 5.97. The monoisotopic (exact) mass is 285 g/mol. The van der Waals surface area contributed by atoms with Gasteiger partial charge in [0.25, 0.3) is 0 Å². The zero-order valence-corrected chi connectivity index (χ0v) is 12.2. The maximum Gasteiger partial charge on any atom is 0.170 e. The number of nitrogens with two attached hydrogens (primary N) is 1. The molecule has 0 fully saturated rings. The van der Waals surface area contributed by atoms with Crippen molar-refractivity contribution in [2.45, 2.75) is 6.61 Å². The third kappa shape index (κ3) is 3.89. The van der Waals surface area contributed by atoms with E-state index in [2.05, 4.69) is 5.16 Å². The van der Waals surface area contributed by atoms with E-state index < -0.39 is 0 Å². The van der Waals surface area contributed by atoms with Crippen LogP contribution in [-0.4, -0.2) is 25.1 Å². The first kappa shape index (κ1) is 14.7. The maximum absolute atomic E-state index is 8.70. The minimum Gasteiger partial charge on any atom is -0.489 e. The van der Waals surface area contributed by atoms with Crippen LogP contribution in [0.15, 0.2) is 53.7 Å². The lowest BCUT2D eigenvalue weighted by atomic mass is 10.1. The summed E-state index contributed by atoms with van der Waals surface area (Å²) in [5.41, 5.74) is 8.28. The standard InChI is InChI=1S/C16H19N3O2/c1-19(2)14-7-4-8-15(10-14)21-11-12-5-3-6-13(9-12)16(17)18-20/h3-10,20H,11H2,1-2H3,(H2,17,18). The normalized spacial score (nSPS) is 11.2. The van der Waals surface area contributed by atoms with Crippen LogP contribution in [0.4, 0.5) is 5.69 Å². The molecule has 110 valence electrons. The van der Waals surface area contributed by atoms with Gasteiger partial charge in [0, 0.05) is 31.4 Å². The van der Waals surface area contributed by atoms with E-state index >= 15 is 0 Å². The summed E-state index contributed by atoms with van der Waals surface area (Å²) in [6.45, 7) is 0.420. The second-order valence-electron chi connectivity index (χ2n) is 4.87. The molecule has 2 aromatic carbocycles. The Labute approximate surface area is 124 Å². The summed E-state index contributed by atoms with van der Waals surface area (Å²) in [4.78, 5) is 2.02. The lowest BCUT2D eigenvalue weighted by molar-refractivity contribution is 0.306. The van der Waals surface area contributed by atoms with Crippen LogP contribution in [0.3, 0.4) is 0 Å². The first-order chi connectivity index (χ1) is 10.1. The summed E-state index contributed by atoms with van der Waals surface area (Å²) in [7, 11) is 3.97. The molecular formula is C16H19N3O2. The second-order valence-corrected chi connectivity index (χ2v) is 4.87. The zero-order valence-electron chi connectivity index (χ0n) is 12.2. The average Bonchev–Trinajstić information content (AvgIpc) is 2.52. The Balaban J connectivity index is 2.08. The number of hydrogen-bond acceptors (Lipinski definition) is 4. The summed E-state index contributed by atoms with van der Waals surface area (Å²) in [5, 5.41) is 11.7. The molecule has 0 saturated heterocycles. The van der Waals surface area contributed by atoms with Crippen LogP contribution in [0.2, 0.25) is 0 Å². The van der Waals surface area contributed by atoms with Crippen LogP contribution in [0.25, 0.3) is 0 Å². The number of nitrogens with zero attached hydrogens (tertiary/aromatic N) is 2. The Morgan fingerprint density at radius 1 is 1.19 bits per heavy atom. The Hall–Kier alpha value is -2.69. The highest BCUT2D eigenvalue weighted by Gasteiger charge is 2.03. The molecule has 0 unspecified atom stereocenters. The molecule has 0 amide bonds. The molecule has 0 heterocycles. The van der Waals surface area contributed by atoms with Gasteiger partial charge in [-0.2, -0.15) is 0 Å². The van der Waals surface area contributed by atoms with Gasteiger partial charge < -0.3 is 20.6 Å². The van der Waals surface area contributed by atoms with Crippen molar-refractivity contribution in [1.29, 1.82) is 0 Å². The SMILES string of the molecule is CN(C)c1cccc(OCc2cccc(C(N)=NO)c2)c1. The molecule has 0 saturated carbocycles. The molecule has 0 atom stereocenters. The highest BCUT2D eigenvalue weighted by atomic mass is 16.5. The Morgan fingerprint density at radius 2 is 1.95 bits per heavy atom. The van der Waals surface area contributed by atoms with Gasteiger partial charge in [-0.15, -0.1) is 0 Å². The summed E-state index contributed by atoms with van der Waals surface area (Å²) in [5.74, 6) is 0.891. The van der Waals surface area contributed by atoms with Gasteiger partial charge in [-0.05, 0) is 23.8 Å². The van der Waals surface area contributed by atoms with Crippen LogP contribution >= 0.6 is 0 Å². The van der Waals surface area contributed by atoms with Crippen LogP contribution in [-0.2, 0) is 6.61 Å². The van der Waals surface area contributed by atoms with E-state index in [9.17, 15) is 0 Å². The zero-order chi connectivity index (χ0) is 15.2. The number of rotatable bonds is 5. The predicted molar refractivity (Wildman–Crippen MR) is 84.1 cm³/mol. The molecular weight excluding hydrogens is 266 g/mol. The quantitative estimate of drug-likeness (QED) is 0.383. The van der Waals surface area contributed by atoms with E-state index in [0.29, 0.717) is 12.2 Å². The summed E-state index contributed by atoms with van der Waals surface area (Å²) < 4.78 is 5.78. The van der Waals surface area contributed by atoms with Crippen molar-refractivity contribution in [3.05, 3.63) is 59.7 Å². The van der Waals surface area contributed by atoms with Gasteiger partial charge in [0.15, 0.2) is 5.84 Å². The van der Waals surface area contributed by atoms with Crippen LogP contribution in [0.1, 0.15) is 11.1 Å². The number of ether oxygens (including phenoxy) is 1. The summed E-state index contributed by atoms with van der Waals surface area (Å²) in [6.07, 6.45) is 0. The molecule has 21 heavy (non-hydrogen) atoms. The fraction of sp³-hybridized carbons (Fsp3) is 0.188. The van der Waals surface area contributed by atoms with Crippen molar-refractivity contribution in [2.75, 3.05) is 19.0 Å². The van der Waals surface area contributed by atoms with Crippen molar-refractivity contribution in [2.24, 2.45) is 10.9 Å². The summed E-state index contributed by atoms with van der Waals surface area (Å²) >= 11 is 0. The minimum absolute atomic E-state index is 0.0893. The van der Waals surface area contributed by atoms with Crippen molar-refractivity contribution in [1.82, 2.24) is 0 Å². The third-order valence-electron chi connectivity index (χ3n) is 3.07. The smallest absolute Gasteiger partial charge is 0.170 e. The van der Waals surface area contributed by atoms with Crippen LogP contribution in [0.5, 0.6) is 5.75 Å². The van der Waals surface area contributed by atoms with Crippen molar-refractivity contribution in [3.63, 3.8) is 0 Å². The topological polar surface area (TPSA) is 71.1 Å². The molecule has 0 aliphatic carbocycles. The molecule has 0 aliphatic rings. The molecule has 0 aromatic heterocycles. The molecule has 0 aliphatic heterocycles. The van der Waals surface area contributed by atoms with Crippen molar-refractivity contribution in [3.8, 4) is 5.75 Å². The Morgan fingerprint density at radius 3 is 2.67 bits per heavy atom. The molecule has 2 aromatic rings. The van der Waals surface area contributed by atoms with Gasteiger partial charge in [-0.1, -0.05) is 29.4 Å². The molecule has 0 spiro atoms. The van der Waals surface area contributed by atoms with Gasteiger partial charge in [-0.25, -0.2) is 0 Å². The van der Waals surface area contributed by atoms with E-state index in [1.54, 1.807) is 6.07 Å². The largest absolute Gasteiger partial charge is 0.489 e. The van der Waals surface area contributed by atoms with Crippen LogP contribution < -0.4 is 15.4 Å². The fourth-order valence-corrected chi connectivity index (χ4v) is 1.90. The fourth-order valence-electron chi connectivity index (χ4n) is 1.90. The van der Waals surface area contributed by atoms with E-state index in [1.807, 2.05) is 61.5 Å². The highest BCUT2D eigenvalue weighted by Crippen LogP contribution is 2.20. The van der Waals surface area contributed by atoms with Gasteiger partial charge in [-0.3, -0.25) is 0 Å². The van der Waals surface area contributed by atoms with Crippen LogP contribution in [0, 0.1) is 0 Å². The molecule has 5 heteroatoms. The molecule has 0 radical (unpaired) electrons. The maximum atomic E-state index is 8.70. The van der Waals surface area contributed by atoms with Gasteiger partial charge in [0.2, 0.25) is 0 Å². The lowest BCUT2D eigenvalue weighted by Gasteiger charge is -2.14. The van der Waals surface area contributed by atoms with E-state index in [-0.39, 0.29) is 5.84 Å².